The molecule has 4 rings (SSSR count). The van der Waals surface area contributed by atoms with Crippen molar-refractivity contribution in [3.63, 3.8) is 0 Å². The molecule has 5 N–H and O–H groups in total. The first-order valence-corrected chi connectivity index (χ1v) is 17.0. The van der Waals surface area contributed by atoms with Gasteiger partial charge in [-0.2, -0.15) is 0 Å². The number of halogens is 1. The molecule has 3 aromatic rings. The number of nitrogens with one attached hydrogen (secondary N) is 4. The number of rotatable bonds is 5. The third kappa shape index (κ3) is 10.5. The van der Waals surface area contributed by atoms with Crippen LogP contribution in [0.2, 0.25) is 0 Å². The van der Waals surface area contributed by atoms with E-state index in [0.717, 1.165) is 6.07 Å². The number of ether oxygens (including phenoxy) is 2. The van der Waals surface area contributed by atoms with Gasteiger partial charge in [0.25, 0.3) is 11.8 Å². The van der Waals surface area contributed by atoms with E-state index in [1.54, 1.807) is 13.8 Å². The number of methoxy groups -OCH3 is 1. The first kappa shape index (κ1) is 39.3. The van der Waals surface area contributed by atoms with Crippen LogP contribution >= 0.6 is 0 Å². The molecule has 1 aliphatic heterocycles. The number of aromatic nitrogens is 1. The quantitative estimate of drug-likeness (QED) is 0.261. The molecule has 0 fully saturated rings. The Morgan fingerprint density at radius 2 is 1.81 bits per heavy atom. The number of hydrogen-bond acceptors (Lipinski definition) is 10. The molecule has 0 unspecified atom stereocenters. The molecule has 4 atom stereocenters. The number of fused-ring (bicyclic) bond motifs is 4. The van der Waals surface area contributed by atoms with Gasteiger partial charge in [-0.15, -0.1) is 0 Å². The number of aliphatic hydroxyl groups is 1. The Bertz CT molecular complexity index is 1760. The van der Waals surface area contributed by atoms with Crippen molar-refractivity contribution >= 4 is 29.5 Å². The van der Waals surface area contributed by atoms with E-state index in [2.05, 4.69) is 26.4 Å². The number of amides is 5. The van der Waals surface area contributed by atoms with E-state index in [4.69, 9.17) is 14.0 Å². The van der Waals surface area contributed by atoms with Crippen LogP contribution < -0.4 is 30.7 Å². The summed E-state index contributed by atoms with van der Waals surface area (Å²) in [5.74, 6) is -3.03. The van der Waals surface area contributed by atoms with E-state index in [1.165, 1.54) is 55.3 Å². The number of benzene rings is 2. The lowest BCUT2D eigenvalue weighted by atomic mass is 9.97. The Labute approximate surface area is 300 Å². The maximum absolute atomic E-state index is 14.8. The van der Waals surface area contributed by atoms with Crippen LogP contribution in [-0.2, 0) is 20.9 Å². The molecule has 16 heteroatoms. The van der Waals surface area contributed by atoms with Crippen LogP contribution in [0.25, 0.3) is 0 Å². The topological polar surface area (TPSA) is 201 Å². The van der Waals surface area contributed by atoms with E-state index in [9.17, 15) is 33.5 Å². The molecule has 0 saturated heterocycles. The molecule has 0 saturated carbocycles. The first-order chi connectivity index (χ1) is 24.8. The standard InChI is InChI=1S/C36H45FN6O9/c1-6-20(2)31-34(47)39-19-23-15-25(37)18-26(16-23)51-29-17-24(9-10-28(29)50-5)33(46)38-11-13-43(36(49)27-14-21(3)52-42-27)12-7-8-30(45)40-32(22(4)44)35(48)41-31/h9-10,14-18,20,22,31-32,44H,6-8,11-13,19H2,1-5H3,(H,38,46)(H,39,47)(H,40,45)(H,41,48)/t20-,22+,31-,32-/m0/s1. The van der Waals surface area contributed by atoms with Crippen molar-refractivity contribution in [3.05, 3.63) is 70.9 Å². The van der Waals surface area contributed by atoms with Gasteiger partial charge in [-0.3, -0.25) is 24.0 Å². The van der Waals surface area contributed by atoms with Crippen LogP contribution in [0.4, 0.5) is 4.39 Å². The van der Waals surface area contributed by atoms with Gasteiger partial charge >= 0.3 is 0 Å². The van der Waals surface area contributed by atoms with Gasteiger partial charge in [0.05, 0.1) is 13.2 Å². The number of hydrogen-bond donors (Lipinski definition) is 5. The van der Waals surface area contributed by atoms with Gasteiger partial charge < -0.3 is 45.3 Å². The van der Waals surface area contributed by atoms with Crippen LogP contribution in [0, 0.1) is 18.7 Å². The molecule has 52 heavy (non-hydrogen) atoms. The third-order valence-electron chi connectivity index (χ3n) is 8.56. The molecule has 15 nitrogen and oxygen atoms in total. The lowest BCUT2D eigenvalue weighted by Gasteiger charge is -2.27. The maximum Gasteiger partial charge on any atom is 0.276 e. The van der Waals surface area contributed by atoms with Crippen LogP contribution in [0.15, 0.2) is 47.0 Å². The Balaban J connectivity index is 1.66. The minimum absolute atomic E-state index is 0.0242. The van der Waals surface area contributed by atoms with Crippen molar-refractivity contribution in [2.24, 2.45) is 5.92 Å². The molecular formula is C36H45FN6O9. The monoisotopic (exact) mass is 724 g/mol. The summed E-state index contributed by atoms with van der Waals surface area (Å²) in [4.78, 5) is 67.7. The highest BCUT2D eigenvalue weighted by molar-refractivity contribution is 5.95. The largest absolute Gasteiger partial charge is 0.493 e. The van der Waals surface area contributed by atoms with Crippen LogP contribution in [0.1, 0.15) is 72.2 Å². The molecule has 4 bridgehead atoms. The highest BCUT2D eigenvalue weighted by Gasteiger charge is 2.32. The predicted octanol–water partition coefficient (Wildman–Crippen LogP) is 2.60. The zero-order valence-corrected chi connectivity index (χ0v) is 29.8. The number of aryl methyl sites for hydroxylation is 1. The van der Waals surface area contributed by atoms with Crippen molar-refractivity contribution in [2.75, 3.05) is 26.7 Å². The Morgan fingerprint density at radius 1 is 1.04 bits per heavy atom. The summed E-state index contributed by atoms with van der Waals surface area (Å²) in [7, 11) is 1.41. The fourth-order valence-corrected chi connectivity index (χ4v) is 5.48. The van der Waals surface area contributed by atoms with E-state index in [-0.39, 0.29) is 73.4 Å². The summed E-state index contributed by atoms with van der Waals surface area (Å²) in [5, 5.41) is 24.9. The van der Waals surface area contributed by atoms with Gasteiger partial charge in [-0.25, -0.2) is 4.39 Å². The molecule has 280 valence electrons. The summed E-state index contributed by atoms with van der Waals surface area (Å²) < 4.78 is 31.2. The highest BCUT2D eigenvalue weighted by Crippen LogP contribution is 2.33. The summed E-state index contributed by atoms with van der Waals surface area (Å²) in [6.07, 6.45) is -0.772. The second-order valence-corrected chi connectivity index (χ2v) is 12.6. The molecule has 1 aliphatic rings. The van der Waals surface area contributed by atoms with E-state index in [0.29, 0.717) is 17.7 Å². The zero-order valence-electron chi connectivity index (χ0n) is 29.8. The lowest BCUT2D eigenvalue weighted by Crippen LogP contribution is -2.58. The van der Waals surface area contributed by atoms with E-state index < -0.39 is 53.5 Å². The summed E-state index contributed by atoms with van der Waals surface area (Å²) in [6, 6.07) is 7.35. The van der Waals surface area contributed by atoms with Gasteiger partial charge in [-0.1, -0.05) is 25.4 Å². The Kier molecular flexibility index (Phi) is 13.7. The molecule has 0 spiro atoms. The predicted molar refractivity (Wildman–Crippen MR) is 185 cm³/mol. The van der Waals surface area contributed by atoms with Gasteiger partial charge in [-0.05, 0) is 62.1 Å². The zero-order chi connectivity index (χ0) is 37.9. The van der Waals surface area contributed by atoms with Crippen molar-refractivity contribution in [1.29, 1.82) is 0 Å². The average molecular weight is 725 g/mol. The SMILES string of the molecule is CC[C@H](C)[C@@H]1NC(=O)[C@H]([C@@H](C)O)NC(=O)CCCN(C(=O)c2cc(C)on2)CCNC(=O)c2ccc(OC)c(c2)Oc2cc(F)cc(c2)CNC1=O. The van der Waals surface area contributed by atoms with Gasteiger partial charge in [0, 0.05) is 50.3 Å². The second-order valence-electron chi connectivity index (χ2n) is 12.6. The molecule has 1 aromatic heterocycles. The fraction of sp³-hybridized carbons (Fsp3) is 0.444. The first-order valence-electron chi connectivity index (χ1n) is 17.0. The van der Waals surface area contributed by atoms with E-state index in [1.807, 2.05) is 6.92 Å². The van der Waals surface area contributed by atoms with Crippen LogP contribution in [0.5, 0.6) is 17.2 Å². The van der Waals surface area contributed by atoms with Crippen molar-refractivity contribution in [2.45, 2.75) is 71.7 Å². The summed E-state index contributed by atoms with van der Waals surface area (Å²) >= 11 is 0. The Hall–Kier alpha value is -5.51. The van der Waals surface area contributed by atoms with Crippen molar-refractivity contribution < 1.29 is 47.5 Å². The summed E-state index contributed by atoms with van der Waals surface area (Å²) in [6.45, 7) is 6.59. The molecule has 0 radical (unpaired) electrons. The molecule has 2 aromatic carbocycles. The number of nitrogens with zero attached hydrogens (tertiary/aromatic N) is 2. The van der Waals surface area contributed by atoms with Crippen LogP contribution in [0.3, 0.4) is 0 Å². The highest BCUT2D eigenvalue weighted by atomic mass is 19.1. The van der Waals surface area contributed by atoms with Crippen molar-refractivity contribution in [3.8, 4) is 17.2 Å². The van der Waals surface area contributed by atoms with Crippen LogP contribution in [-0.4, -0.2) is 89.6 Å². The minimum atomic E-state index is -1.39. The third-order valence-corrected chi connectivity index (χ3v) is 8.56. The van der Waals surface area contributed by atoms with Crippen molar-refractivity contribution in [1.82, 2.24) is 31.3 Å². The number of aliphatic hydroxyl groups excluding tert-OH is 1. The smallest absolute Gasteiger partial charge is 0.276 e. The minimum Gasteiger partial charge on any atom is -0.493 e. The Morgan fingerprint density at radius 3 is 2.48 bits per heavy atom. The lowest BCUT2D eigenvalue weighted by molar-refractivity contribution is -0.135. The average Bonchev–Trinajstić information content (AvgIpc) is 3.55. The molecule has 5 amide bonds. The number of carbonyl (C=O) groups excluding carboxylic acids is 5. The number of carbonyl (C=O) groups is 5. The fourth-order valence-electron chi connectivity index (χ4n) is 5.48. The molecule has 2 heterocycles. The summed E-state index contributed by atoms with van der Waals surface area (Å²) in [5.41, 5.74) is 0.583. The second kappa shape index (κ2) is 18.1. The maximum atomic E-state index is 14.8. The molecule has 0 aliphatic carbocycles. The van der Waals surface area contributed by atoms with Gasteiger partial charge in [0.15, 0.2) is 17.2 Å². The normalized spacial score (nSPS) is 19.5. The molecular weight excluding hydrogens is 679 g/mol. The van der Waals surface area contributed by atoms with Gasteiger partial charge in [0.2, 0.25) is 17.7 Å². The van der Waals surface area contributed by atoms with Gasteiger partial charge in [0.1, 0.15) is 29.4 Å². The van der Waals surface area contributed by atoms with E-state index >= 15 is 0 Å².